The summed E-state index contributed by atoms with van der Waals surface area (Å²) in [6.07, 6.45) is 2.31. The minimum absolute atomic E-state index is 0.334. The minimum Gasteiger partial charge on any atom is -0.496 e. The van der Waals surface area contributed by atoms with Gasteiger partial charge in [-0.2, -0.15) is 0 Å². The molecule has 1 heterocycles. The van der Waals surface area contributed by atoms with Crippen LogP contribution < -0.4 is 4.74 Å². The Balaban J connectivity index is 2.57. The maximum absolute atomic E-state index is 12.8. The van der Waals surface area contributed by atoms with Gasteiger partial charge in [0.05, 0.1) is 25.1 Å². The van der Waals surface area contributed by atoms with Crippen LogP contribution in [-0.2, 0) is 0 Å². The molecule has 2 rings (SSSR count). The largest absolute Gasteiger partial charge is 0.496 e. The first-order valence-electron chi connectivity index (χ1n) is 5.78. The fraction of sp³-hybridized carbons (Fsp3) is 0.286. The first kappa shape index (κ1) is 12.5. The molecule has 0 amide bonds. The number of rotatable bonds is 3. The summed E-state index contributed by atoms with van der Waals surface area (Å²) in [5, 5.41) is 0. The molecular formula is C14H15FN2O. The Hall–Kier alpha value is -1.97. The molecule has 0 spiro atoms. The van der Waals surface area contributed by atoms with E-state index >= 15 is 0 Å². The SMILES string of the molecule is COc1c(-c2ncc(F)cn2)cccc1C(C)C. The lowest BCUT2D eigenvalue weighted by atomic mass is 9.99. The lowest BCUT2D eigenvalue weighted by Gasteiger charge is -2.14. The smallest absolute Gasteiger partial charge is 0.163 e. The Kier molecular flexibility index (Phi) is 3.55. The first-order chi connectivity index (χ1) is 8.63. The molecule has 4 heteroatoms. The molecule has 3 nitrogen and oxygen atoms in total. The van der Waals surface area contributed by atoms with Gasteiger partial charge < -0.3 is 4.74 Å². The van der Waals surface area contributed by atoms with Crippen LogP contribution in [0.15, 0.2) is 30.6 Å². The van der Waals surface area contributed by atoms with Crippen molar-refractivity contribution in [1.29, 1.82) is 0 Å². The van der Waals surface area contributed by atoms with E-state index in [1.807, 2.05) is 18.2 Å². The average Bonchev–Trinajstić information content (AvgIpc) is 2.38. The molecule has 0 bridgehead atoms. The number of ether oxygens (including phenoxy) is 1. The van der Waals surface area contributed by atoms with Crippen molar-refractivity contribution in [3.05, 3.63) is 42.0 Å². The number of hydrogen-bond donors (Lipinski definition) is 0. The molecule has 1 aromatic carbocycles. The zero-order valence-electron chi connectivity index (χ0n) is 10.6. The summed E-state index contributed by atoms with van der Waals surface area (Å²) in [5.41, 5.74) is 1.87. The van der Waals surface area contributed by atoms with Crippen molar-refractivity contribution in [2.45, 2.75) is 19.8 Å². The van der Waals surface area contributed by atoms with E-state index in [1.54, 1.807) is 7.11 Å². The van der Waals surface area contributed by atoms with Crippen LogP contribution in [0.2, 0.25) is 0 Å². The van der Waals surface area contributed by atoms with Crippen LogP contribution in [0.5, 0.6) is 5.75 Å². The lowest BCUT2D eigenvalue weighted by Crippen LogP contribution is -1.99. The number of hydrogen-bond acceptors (Lipinski definition) is 3. The van der Waals surface area contributed by atoms with Crippen molar-refractivity contribution >= 4 is 0 Å². The Morgan fingerprint density at radius 2 is 1.83 bits per heavy atom. The van der Waals surface area contributed by atoms with Gasteiger partial charge in [0.2, 0.25) is 0 Å². The number of benzene rings is 1. The number of nitrogens with zero attached hydrogens (tertiary/aromatic N) is 2. The second-order valence-corrected chi connectivity index (χ2v) is 4.31. The molecular weight excluding hydrogens is 231 g/mol. The van der Waals surface area contributed by atoms with Crippen LogP contribution in [0.3, 0.4) is 0 Å². The molecule has 0 fully saturated rings. The summed E-state index contributed by atoms with van der Waals surface area (Å²) < 4.78 is 18.3. The van der Waals surface area contributed by atoms with Crippen LogP contribution in [0.4, 0.5) is 4.39 Å². The molecule has 0 aliphatic carbocycles. The number of methoxy groups -OCH3 is 1. The van der Waals surface area contributed by atoms with Gasteiger partial charge in [-0.3, -0.25) is 0 Å². The van der Waals surface area contributed by atoms with Crippen molar-refractivity contribution in [3.8, 4) is 17.1 Å². The molecule has 0 saturated carbocycles. The van der Waals surface area contributed by atoms with E-state index in [0.717, 1.165) is 29.3 Å². The molecule has 0 aliphatic rings. The van der Waals surface area contributed by atoms with Gasteiger partial charge in [-0.25, -0.2) is 14.4 Å². The summed E-state index contributed by atoms with van der Waals surface area (Å²) in [7, 11) is 1.62. The second-order valence-electron chi connectivity index (χ2n) is 4.31. The monoisotopic (exact) mass is 246 g/mol. The number of halogens is 1. The standard InChI is InChI=1S/C14H15FN2O/c1-9(2)11-5-4-6-12(13(11)18-3)14-16-7-10(15)8-17-14/h4-9H,1-3H3. The fourth-order valence-corrected chi connectivity index (χ4v) is 1.86. The summed E-state index contributed by atoms with van der Waals surface area (Å²) in [6.45, 7) is 4.18. The number of aromatic nitrogens is 2. The highest BCUT2D eigenvalue weighted by Gasteiger charge is 2.14. The molecule has 1 aromatic heterocycles. The van der Waals surface area contributed by atoms with Crippen molar-refractivity contribution in [1.82, 2.24) is 9.97 Å². The van der Waals surface area contributed by atoms with Crippen molar-refractivity contribution in [2.24, 2.45) is 0 Å². The molecule has 94 valence electrons. The molecule has 18 heavy (non-hydrogen) atoms. The highest BCUT2D eigenvalue weighted by atomic mass is 19.1. The minimum atomic E-state index is -0.447. The zero-order chi connectivity index (χ0) is 13.1. The molecule has 0 saturated heterocycles. The van der Waals surface area contributed by atoms with E-state index in [2.05, 4.69) is 23.8 Å². The van der Waals surface area contributed by atoms with Crippen LogP contribution in [0.25, 0.3) is 11.4 Å². The Morgan fingerprint density at radius 3 is 2.39 bits per heavy atom. The van der Waals surface area contributed by atoms with Gasteiger partial charge in [0.25, 0.3) is 0 Å². The van der Waals surface area contributed by atoms with E-state index in [-0.39, 0.29) is 0 Å². The quantitative estimate of drug-likeness (QED) is 0.832. The molecule has 0 atom stereocenters. The van der Waals surface area contributed by atoms with Crippen LogP contribution in [0, 0.1) is 5.82 Å². The van der Waals surface area contributed by atoms with Crippen molar-refractivity contribution in [3.63, 3.8) is 0 Å². The van der Waals surface area contributed by atoms with Crippen LogP contribution in [-0.4, -0.2) is 17.1 Å². The highest BCUT2D eigenvalue weighted by Crippen LogP contribution is 2.34. The van der Waals surface area contributed by atoms with Gasteiger partial charge in [0.15, 0.2) is 11.6 Å². The van der Waals surface area contributed by atoms with Crippen LogP contribution >= 0.6 is 0 Å². The normalized spacial score (nSPS) is 10.7. The van der Waals surface area contributed by atoms with Gasteiger partial charge in [0, 0.05) is 0 Å². The number of para-hydroxylation sites is 1. The van der Waals surface area contributed by atoms with Crippen LogP contribution in [0.1, 0.15) is 25.3 Å². The second kappa shape index (κ2) is 5.12. The summed E-state index contributed by atoms with van der Waals surface area (Å²) >= 11 is 0. The Morgan fingerprint density at radius 1 is 1.17 bits per heavy atom. The Bertz CT molecular complexity index is 538. The van der Waals surface area contributed by atoms with E-state index in [0.29, 0.717) is 11.7 Å². The molecule has 2 aromatic rings. The van der Waals surface area contributed by atoms with Crippen molar-refractivity contribution in [2.75, 3.05) is 7.11 Å². The predicted molar refractivity (Wildman–Crippen MR) is 68.1 cm³/mol. The topological polar surface area (TPSA) is 35.0 Å². The predicted octanol–water partition coefficient (Wildman–Crippen LogP) is 3.41. The van der Waals surface area contributed by atoms with E-state index in [1.165, 1.54) is 0 Å². The van der Waals surface area contributed by atoms with Crippen molar-refractivity contribution < 1.29 is 9.13 Å². The summed E-state index contributed by atoms with van der Waals surface area (Å²) in [6, 6.07) is 5.81. The highest BCUT2D eigenvalue weighted by molar-refractivity contribution is 5.66. The third-order valence-electron chi connectivity index (χ3n) is 2.73. The van der Waals surface area contributed by atoms with Gasteiger partial charge in [0.1, 0.15) is 5.75 Å². The van der Waals surface area contributed by atoms with E-state index in [4.69, 9.17) is 4.74 Å². The average molecular weight is 246 g/mol. The maximum atomic E-state index is 12.8. The van der Waals surface area contributed by atoms with E-state index < -0.39 is 5.82 Å². The molecule has 0 radical (unpaired) electrons. The third kappa shape index (κ3) is 2.32. The maximum Gasteiger partial charge on any atom is 0.163 e. The summed E-state index contributed by atoms with van der Waals surface area (Å²) in [5.74, 6) is 1.10. The zero-order valence-corrected chi connectivity index (χ0v) is 10.6. The first-order valence-corrected chi connectivity index (χ1v) is 5.78. The lowest BCUT2D eigenvalue weighted by molar-refractivity contribution is 0.409. The van der Waals surface area contributed by atoms with Gasteiger partial charge in [-0.15, -0.1) is 0 Å². The fourth-order valence-electron chi connectivity index (χ4n) is 1.86. The third-order valence-corrected chi connectivity index (χ3v) is 2.73. The molecule has 0 aliphatic heterocycles. The molecule has 0 N–H and O–H groups in total. The van der Waals surface area contributed by atoms with Gasteiger partial charge in [-0.05, 0) is 17.5 Å². The van der Waals surface area contributed by atoms with E-state index in [9.17, 15) is 4.39 Å². The van der Waals surface area contributed by atoms with Gasteiger partial charge >= 0.3 is 0 Å². The summed E-state index contributed by atoms with van der Waals surface area (Å²) in [4.78, 5) is 7.98. The van der Waals surface area contributed by atoms with Gasteiger partial charge in [-0.1, -0.05) is 26.0 Å². The Labute approximate surface area is 106 Å². The molecule has 0 unspecified atom stereocenters.